The third-order valence-electron chi connectivity index (χ3n) is 4.58. The van der Waals surface area contributed by atoms with Gasteiger partial charge < -0.3 is 15.2 Å². The van der Waals surface area contributed by atoms with Crippen molar-refractivity contribution >= 4 is 34.0 Å². The number of ether oxygens (including phenoxy) is 1. The fraction of sp³-hybridized carbons (Fsp3) is 0.136. The van der Waals surface area contributed by atoms with Crippen LogP contribution in [0.15, 0.2) is 66.7 Å². The van der Waals surface area contributed by atoms with Gasteiger partial charge in [-0.05, 0) is 54.4 Å². The topological polar surface area (TPSA) is 59.3 Å². The fourth-order valence-electron chi connectivity index (χ4n) is 3.25. The molecule has 0 spiro atoms. The van der Waals surface area contributed by atoms with Gasteiger partial charge in [-0.25, -0.2) is 4.68 Å². The van der Waals surface area contributed by atoms with Crippen LogP contribution in [0.3, 0.4) is 0 Å². The average molecular weight is 394 g/mol. The molecular formula is C22H20ClN3O2. The van der Waals surface area contributed by atoms with Crippen molar-refractivity contribution in [3.8, 4) is 11.4 Å². The molecule has 0 aliphatic rings. The highest BCUT2D eigenvalue weighted by atomic mass is 35.5. The van der Waals surface area contributed by atoms with Crippen LogP contribution < -0.4 is 10.1 Å². The third-order valence-corrected chi connectivity index (χ3v) is 4.81. The molecule has 0 unspecified atom stereocenters. The van der Waals surface area contributed by atoms with Gasteiger partial charge in [-0.1, -0.05) is 35.9 Å². The Morgan fingerprint density at radius 1 is 1.07 bits per heavy atom. The van der Waals surface area contributed by atoms with Crippen molar-refractivity contribution in [1.29, 1.82) is 0 Å². The average Bonchev–Trinajstić information content (AvgIpc) is 3.06. The molecule has 0 saturated heterocycles. The zero-order valence-corrected chi connectivity index (χ0v) is 16.1. The summed E-state index contributed by atoms with van der Waals surface area (Å²) in [4.78, 5) is 0. The lowest BCUT2D eigenvalue weighted by atomic mass is 10.1. The minimum Gasteiger partial charge on any atom is -0.497 e. The van der Waals surface area contributed by atoms with E-state index in [0.717, 1.165) is 33.6 Å². The first-order valence-electron chi connectivity index (χ1n) is 8.98. The van der Waals surface area contributed by atoms with Crippen molar-refractivity contribution in [1.82, 2.24) is 9.78 Å². The van der Waals surface area contributed by atoms with Crippen molar-refractivity contribution < 1.29 is 9.84 Å². The van der Waals surface area contributed by atoms with Crippen LogP contribution in [0.25, 0.3) is 16.6 Å². The smallest absolute Gasteiger partial charge is 0.160 e. The molecule has 0 saturated carbocycles. The van der Waals surface area contributed by atoms with E-state index in [1.54, 1.807) is 7.11 Å². The molecule has 0 bridgehead atoms. The summed E-state index contributed by atoms with van der Waals surface area (Å²) in [5, 5.41) is 19.2. The highest BCUT2D eigenvalue weighted by Gasteiger charge is 2.15. The quantitative estimate of drug-likeness (QED) is 0.485. The second-order valence-corrected chi connectivity index (χ2v) is 6.82. The lowest BCUT2D eigenvalue weighted by Gasteiger charge is -2.09. The number of methoxy groups -OCH3 is 1. The molecule has 2 N–H and O–H groups in total. The number of hydrogen-bond acceptors (Lipinski definition) is 4. The third kappa shape index (κ3) is 3.54. The molecule has 142 valence electrons. The first-order valence-corrected chi connectivity index (χ1v) is 9.36. The van der Waals surface area contributed by atoms with Gasteiger partial charge >= 0.3 is 0 Å². The summed E-state index contributed by atoms with van der Waals surface area (Å²) in [6.07, 6.45) is 0.560. The Labute approximate surface area is 168 Å². The molecule has 1 aromatic heterocycles. The van der Waals surface area contributed by atoms with Crippen LogP contribution in [0, 0.1) is 0 Å². The summed E-state index contributed by atoms with van der Waals surface area (Å²) in [5.41, 5.74) is 3.76. The number of nitrogens with one attached hydrogen (secondary N) is 1. The summed E-state index contributed by atoms with van der Waals surface area (Å²) < 4.78 is 7.30. The standard InChI is InChI=1S/C22H20ClN3O2/c1-28-18-9-10-21-19(14-18)22(24-17-7-4-6-16(23)13-17)25-26(21)20-8-3-2-5-15(20)11-12-27/h2-10,13-14,27H,11-12H2,1H3,(H,24,25). The van der Waals surface area contributed by atoms with E-state index in [1.165, 1.54) is 0 Å². The predicted molar refractivity (Wildman–Crippen MR) is 113 cm³/mol. The van der Waals surface area contributed by atoms with Gasteiger partial charge in [0.1, 0.15) is 5.75 Å². The Hall–Kier alpha value is -3.02. The number of nitrogens with zero attached hydrogens (tertiary/aromatic N) is 2. The molecule has 0 aliphatic heterocycles. The van der Waals surface area contributed by atoms with E-state index in [1.807, 2.05) is 71.4 Å². The van der Waals surface area contributed by atoms with Gasteiger partial charge in [0.25, 0.3) is 0 Å². The summed E-state index contributed by atoms with van der Waals surface area (Å²) >= 11 is 6.12. The Bertz CT molecular complexity index is 1120. The molecule has 4 aromatic rings. The summed E-state index contributed by atoms with van der Waals surface area (Å²) in [6.45, 7) is 0.0810. The molecule has 0 aliphatic carbocycles. The molecule has 0 atom stereocenters. The zero-order valence-electron chi connectivity index (χ0n) is 15.4. The first-order chi connectivity index (χ1) is 13.7. The number of aliphatic hydroxyl groups excluding tert-OH is 1. The van der Waals surface area contributed by atoms with Crippen LogP contribution in [0.2, 0.25) is 5.02 Å². The van der Waals surface area contributed by atoms with Gasteiger partial charge in [-0.15, -0.1) is 5.10 Å². The van der Waals surface area contributed by atoms with E-state index in [9.17, 15) is 5.11 Å². The van der Waals surface area contributed by atoms with Gasteiger partial charge in [0.15, 0.2) is 5.82 Å². The number of anilines is 2. The predicted octanol–water partition coefficient (Wildman–Crippen LogP) is 4.97. The van der Waals surface area contributed by atoms with E-state index < -0.39 is 0 Å². The molecular weight excluding hydrogens is 374 g/mol. The summed E-state index contributed by atoms with van der Waals surface area (Å²) in [6, 6.07) is 21.3. The van der Waals surface area contributed by atoms with Crippen molar-refractivity contribution in [2.24, 2.45) is 0 Å². The number of fused-ring (bicyclic) bond motifs is 1. The normalized spacial score (nSPS) is 11.0. The van der Waals surface area contributed by atoms with Crippen LogP contribution in [0.1, 0.15) is 5.56 Å². The number of aliphatic hydroxyl groups is 1. The number of rotatable bonds is 6. The maximum absolute atomic E-state index is 9.43. The molecule has 28 heavy (non-hydrogen) atoms. The van der Waals surface area contributed by atoms with Gasteiger partial charge in [0.05, 0.1) is 18.3 Å². The molecule has 0 amide bonds. The fourth-order valence-corrected chi connectivity index (χ4v) is 3.44. The number of hydrogen-bond donors (Lipinski definition) is 2. The molecule has 0 radical (unpaired) electrons. The Balaban J connectivity index is 1.89. The van der Waals surface area contributed by atoms with E-state index in [0.29, 0.717) is 17.3 Å². The van der Waals surface area contributed by atoms with Gasteiger partial charge in [-0.2, -0.15) is 0 Å². The summed E-state index contributed by atoms with van der Waals surface area (Å²) in [7, 11) is 1.65. The molecule has 5 nitrogen and oxygen atoms in total. The molecule has 3 aromatic carbocycles. The molecule has 4 rings (SSSR count). The van der Waals surface area contributed by atoms with Crippen LogP contribution in [0.5, 0.6) is 5.75 Å². The van der Waals surface area contributed by atoms with Crippen LogP contribution in [0.4, 0.5) is 11.5 Å². The molecule has 0 fully saturated rings. The highest BCUT2D eigenvalue weighted by molar-refractivity contribution is 6.30. The Morgan fingerprint density at radius 3 is 2.71 bits per heavy atom. The Morgan fingerprint density at radius 2 is 1.93 bits per heavy atom. The Kier molecular flexibility index (Phi) is 5.19. The van der Waals surface area contributed by atoms with Crippen molar-refractivity contribution in [3.05, 3.63) is 77.3 Å². The molecule has 1 heterocycles. The van der Waals surface area contributed by atoms with Gasteiger partial charge in [-0.3, -0.25) is 0 Å². The van der Waals surface area contributed by atoms with Gasteiger partial charge in [0, 0.05) is 22.7 Å². The van der Waals surface area contributed by atoms with E-state index in [-0.39, 0.29) is 6.61 Å². The lowest BCUT2D eigenvalue weighted by molar-refractivity contribution is 0.299. The second kappa shape index (κ2) is 7.92. The number of para-hydroxylation sites is 1. The second-order valence-electron chi connectivity index (χ2n) is 6.38. The van der Waals surface area contributed by atoms with E-state index in [2.05, 4.69) is 5.32 Å². The maximum atomic E-state index is 9.43. The largest absolute Gasteiger partial charge is 0.497 e. The van der Waals surface area contributed by atoms with Gasteiger partial charge in [0.2, 0.25) is 0 Å². The van der Waals surface area contributed by atoms with Crippen LogP contribution in [-0.4, -0.2) is 28.6 Å². The zero-order chi connectivity index (χ0) is 19.5. The maximum Gasteiger partial charge on any atom is 0.160 e. The number of aromatic nitrogens is 2. The van der Waals surface area contributed by atoms with Crippen molar-refractivity contribution in [3.63, 3.8) is 0 Å². The summed E-state index contributed by atoms with van der Waals surface area (Å²) in [5.74, 6) is 1.46. The first kappa shape index (κ1) is 18.3. The number of halogens is 1. The monoisotopic (exact) mass is 393 g/mol. The van der Waals surface area contributed by atoms with Crippen LogP contribution in [-0.2, 0) is 6.42 Å². The number of benzene rings is 3. The lowest BCUT2D eigenvalue weighted by Crippen LogP contribution is -2.03. The van der Waals surface area contributed by atoms with E-state index in [4.69, 9.17) is 21.4 Å². The van der Waals surface area contributed by atoms with Crippen molar-refractivity contribution in [2.45, 2.75) is 6.42 Å². The molecule has 6 heteroatoms. The minimum absolute atomic E-state index is 0.0810. The SMILES string of the molecule is COc1ccc2c(c1)c(Nc1cccc(Cl)c1)nn2-c1ccccc1CCO. The minimum atomic E-state index is 0.0810. The van der Waals surface area contributed by atoms with E-state index >= 15 is 0 Å². The van der Waals surface area contributed by atoms with Crippen LogP contribution >= 0.6 is 11.6 Å². The highest BCUT2D eigenvalue weighted by Crippen LogP contribution is 2.32. The van der Waals surface area contributed by atoms with Crippen molar-refractivity contribution in [2.75, 3.05) is 19.0 Å².